The summed E-state index contributed by atoms with van der Waals surface area (Å²) in [6, 6.07) is 5.83. The minimum absolute atomic E-state index is 0.0768. The summed E-state index contributed by atoms with van der Waals surface area (Å²) in [4.78, 5) is 20.5. The summed E-state index contributed by atoms with van der Waals surface area (Å²) in [5.74, 6) is -0.0768. The molecule has 24 heavy (non-hydrogen) atoms. The van der Waals surface area contributed by atoms with Gasteiger partial charge >= 0.3 is 0 Å². The Hall–Kier alpha value is -2.05. The molecule has 2 aromatic heterocycles. The van der Waals surface area contributed by atoms with Gasteiger partial charge in [-0.15, -0.1) is 0 Å². The number of rotatable bonds is 6. The quantitative estimate of drug-likeness (QED) is 0.621. The minimum Gasteiger partial charge on any atom is -0.362 e. The monoisotopic (exact) mass is 362 g/mol. The zero-order valence-corrected chi connectivity index (χ0v) is 15.1. The number of carbonyl (C=O) groups excluding carboxylic acids is 1. The highest BCUT2D eigenvalue weighted by molar-refractivity contribution is 7.17. The molecule has 126 valence electrons. The predicted molar refractivity (Wildman–Crippen MR) is 100 cm³/mol. The van der Waals surface area contributed by atoms with E-state index in [9.17, 15) is 4.79 Å². The molecule has 0 radical (unpaired) electrons. The number of hydrogen-bond acceptors (Lipinski definition) is 4. The molecule has 0 saturated heterocycles. The number of halogens is 1. The van der Waals surface area contributed by atoms with Crippen molar-refractivity contribution in [3.8, 4) is 0 Å². The summed E-state index contributed by atoms with van der Waals surface area (Å²) in [7, 11) is 0. The number of nitrogens with one attached hydrogen (secondary N) is 3. The molecule has 3 rings (SSSR count). The molecule has 0 spiro atoms. The third kappa shape index (κ3) is 3.39. The molecular formula is C17H19ClN4OS. The number of benzene rings is 1. The van der Waals surface area contributed by atoms with Crippen molar-refractivity contribution in [1.82, 2.24) is 15.3 Å². The van der Waals surface area contributed by atoms with Crippen LogP contribution in [0.5, 0.6) is 0 Å². The molecule has 0 atom stereocenters. The Morgan fingerprint density at radius 2 is 2.25 bits per heavy atom. The van der Waals surface area contributed by atoms with E-state index in [1.807, 2.05) is 38.2 Å². The van der Waals surface area contributed by atoms with Crippen LogP contribution in [0.3, 0.4) is 0 Å². The van der Waals surface area contributed by atoms with Crippen molar-refractivity contribution in [3.05, 3.63) is 45.6 Å². The van der Waals surface area contributed by atoms with Gasteiger partial charge in [0.2, 0.25) is 0 Å². The van der Waals surface area contributed by atoms with Crippen LogP contribution in [0, 0.1) is 6.92 Å². The maximum Gasteiger partial charge on any atom is 0.263 e. The first kappa shape index (κ1) is 16.8. The van der Waals surface area contributed by atoms with Crippen LogP contribution in [0.15, 0.2) is 24.4 Å². The number of fused-ring (bicyclic) bond motifs is 1. The van der Waals surface area contributed by atoms with Crippen molar-refractivity contribution in [1.29, 1.82) is 0 Å². The van der Waals surface area contributed by atoms with Gasteiger partial charge in [-0.05, 0) is 31.9 Å². The Balaban J connectivity index is 1.63. The van der Waals surface area contributed by atoms with E-state index in [-0.39, 0.29) is 5.91 Å². The first-order chi connectivity index (χ1) is 11.6. The van der Waals surface area contributed by atoms with E-state index in [1.54, 1.807) is 0 Å². The number of anilines is 1. The number of nitrogens with zero attached hydrogens (tertiary/aromatic N) is 1. The van der Waals surface area contributed by atoms with Crippen LogP contribution in [0.1, 0.15) is 27.9 Å². The molecule has 0 saturated carbocycles. The van der Waals surface area contributed by atoms with Gasteiger partial charge in [0.15, 0.2) is 5.13 Å². The number of hydrogen-bond donors (Lipinski definition) is 3. The van der Waals surface area contributed by atoms with E-state index < -0.39 is 0 Å². The average Bonchev–Trinajstić information content (AvgIpc) is 3.13. The molecule has 2 heterocycles. The van der Waals surface area contributed by atoms with Crippen molar-refractivity contribution in [2.75, 3.05) is 18.4 Å². The van der Waals surface area contributed by atoms with E-state index in [0.29, 0.717) is 16.4 Å². The third-order valence-electron chi connectivity index (χ3n) is 3.76. The fourth-order valence-electron chi connectivity index (χ4n) is 2.61. The smallest absolute Gasteiger partial charge is 0.263 e. The molecule has 3 aromatic rings. The summed E-state index contributed by atoms with van der Waals surface area (Å²) in [5, 5.41) is 8.70. The summed E-state index contributed by atoms with van der Waals surface area (Å²) in [6.45, 7) is 5.21. The normalized spacial score (nSPS) is 11.0. The van der Waals surface area contributed by atoms with Gasteiger partial charge in [-0.25, -0.2) is 4.98 Å². The van der Waals surface area contributed by atoms with Crippen molar-refractivity contribution in [2.45, 2.75) is 20.3 Å². The predicted octanol–water partition coefficient (Wildman–Crippen LogP) is 3.99. The van der Waals surface area contributed by atoms with E-state index in [2.05, 4.69) is 20.6 Å². The highest BCUT2D eigenvalue weighted by Gasteiger charge is 2.15. The SMILES string of the molecule is CCNc1nc(C)c(C(=O)NCCc2c[nH]c3c(Cl)cccc23)s1. The number of aromatic nitrogens is 2. The van der Waals surface area contributed by atoms with Crippen LogP contribution in [-0.4, -0.2) is 29.0 Å². The third-order valence-corrected chi connectivity index (χ3v) is 5.19. The molecule has 0 aliphatic heterocycles. The lowest BCUT2D eigenvalue weighted by molar-refractivity contribution is 0.0957. The summed E-state index contributed by atoms with van der Waals surface area (Å²) in [5.41, 5.74) is 2.84. The fraction of sp³-hybridized carbons (Fsp3) is 0.294. The second kappa shape index (κ2) is 7.23. The second-order valence-corrected chi connectivity index (χ2v) is 6.85. The molecule has 0 aliphatic rings. The first-order valence-electron chi connectivity index (χ1n) is 7.84. The Morgan fingerprint density at radius 1 is 1.42 bits per heavy atom. The van der Waals surface area contributed by atoms with E-state index in [4.69, 9.17) is 11.6 Å². The highest BCUT2D eigenvalue weighted by atomic mass is 35.5. The Morgan fingerprint density at radius 3 is 3.04 bits per heavy atom. The van der Waals surface area contributed by atoms with Crippen molar-refractivity contribution < 1.29 is 4.79 Å². The number of aromatic amines is 1. The molecular weight excluding hydrogens is 344 g/mol. The molecule has 1 aromatic carbocycles. The van der Waals surface area contributed by atoms with Crippen molar-refractivity contribution in [3.63, 3.8) is 0 Å². The van der Waals surface area contributed by atoms with Gasteiger partial charge in [-0.3, -0.25) is 4.79 Å². The molecule has 3 N–H and O–H groups in total. The van der Waals surface area contributed by atoms with Gasteiger partial charge in [0.1, 0.15) is 4.88 Å². The minimum atomic E-state index is -0.0768. The van der Waals surface area contributed by atoms with Gasteiger partial charge in [0.05, 0.1) is 16.2 Å². The lowest BCUT2D eigenvalue weighted by atomic mass is 10.1. The number of carbonyl (C=O) groups is 1. The van der Waals surface area contributed by atoms with E-state index >= 15 is 0 Å². The molecule has 0 fully saturated rings. The average molecular weight is 363 g/mol. The maximum absolute atomic E-state index is 12.3. The van der Waals surface area contributed by atoms with Crippen LogP contribution in [-0.2, 0) is 6.42 Å². The van der Waals surface area contributed by atoms with Gasteiger partial charge in [-0.1, -0.05) is 35.1 Å². The standard InChI is InChI=1S/C17H19ClN4OS/c1-3-19-17-22-10(2)15(24-17)16(23)20-8-7-11-9-21-14-12(11)5-4-6-13(14)18/h4-6,9,21H,3,7-8H2,1-2H3,(H,19,22)(H,20,23). The Kier molecular flexibility index (Phi) is 5.06. The topological polar surface area (TPSA) is 69.8 Å². The number of H-pyrrole nitrogens is 1. The van der Waals surface area contributed by atoms with Gasteiger partial charge in [0, 0.05) is 24.7 Å². The Bertz CT molecular complexity index is 871. The number of para-hydroxylation sites is 1. The zero-order valence-electron chi connectivity index (χ0n) is 13.6. The Labute approximate surface area is 149 Å². The van der Waals surface area contributed by atoms with Crippen molar-refractivity contribution >= 4 is 44.9 Å². The number of aryl methyl sites for hydroxylation is 1. The second-order valence-electron chi connectivity index (χ2n) is 5.45. The summed E-state index contributed by atoms with van der Waals surface area (Å²) < 4.78 is 0. The van der Waals surface area contributed by atoms with Crippen LogP contribution < -0.4 is 10.6 Å². The molecule has 0 aliphatic carbocycles. The lowest BCUT2D eigenvalue weighted by Gasteiger charge is -2.04. The number of thiazole rings is 1. The zero-order chi connectivity index (χ0) is 17.1. The summed E-state index contributed by atoms with van der Waals surface area (Å²) >= 11 is 7.55. The van der Waals surface area contributed by atoms with Gasteiger partial charge in [-0.2, -0.15) is 0 Å². The largest absolute Gasteiger partial charge is 0.362 e. The van der Waals surface area contributed by atoms with Gasteiger partial charge in [0.25, 0.3) is 5.91 Å². The maximum atomic E-state index is 12.3. The van der Waals surface area contributed by atoms with Crippen LogP contribution in [0.25, 0.3) is 10.9 Å². The molecule has 1 amide bonds. The molecule has 5 nitrogen and oxygen atoms in total. The molecule has 0 bridgehead atoms. The molecule has 0 unspecified atom stereocenters. The van der Waals surface area contributed by atoms with E-state index in [1.165, 1.54) is 11.3 Å². The fourth-order valence-corrected chi connectivity index (χ4v) is 3.79. The van der Waals surface area contributed by atoms with Gasteiger partial charge < -0.3 is 15.6 Å². The van der Waals surface area contributed by atoms with Crippen LogP contribution in [0.4, 0.5) is 5.13 Å². The van der Waals surface area contributed by atoms with Crippen LogP contribution >= 0.6 is 22.9 Å². The molecule has 7 heteroatoms. The van der Waals surface area contributed by atoms with Crippen molar-refractivity contribution in [2.24, 2.45) is 0 Å². The van der Waals surface area contributed by atoms with Crippen LogP contribution in [0.2, 0.25) is 5.02 Å². The summed E-state index contributed by atoms with van der Waals surface area (Å²) in [6.07, 6.45) is 2.69. The highest BCUT2D eigenvalue weighted by Crippen LogP contribution is 2.25. The number of amides is 1. The van der Waals surface area contributed by atoms with E-state index in [0.717, 1.165) is 40.3 Å². The lowest BCUT2D eigenvalue weighted by Crippen LogP contribution is -2.25. The first-order valence-corrected chi connectivity index (χ1v) is 9.03.